The number of carbonyl (C=O) groups excluding carboxylic acids is 3. The Morgan fingerprint density at radius 1 is 1.22 bits per heavy atom. The lowest BCUT2D eigenvalue weighted by molar-refractivity contribution is 0.0507. The number of nitrogens with zero attached hydrogens (tertiary/aromatic N) is 2. The van der Waals surface area contributed by atoms with E-state index in [2.05, 4.69) is 10.6 Å². The van der Waals surface area contributed by atoms with Crippen molar-refractivity contribution >= 4 is 23.5 Å². The molecule has 0 unspecified atom stereocenters. The maximum atomic E-state index is 12.4. The number of carbonyl (C=O) groups is 3. The average Bonchev–Trinajstić information content (AvgIpc) is 2.70. The number of benzene rings is 1. The number of imide groups is 1. The minimum atomic E-state index is -0.616. The molecule has 0 aromatic heterocycles. The molecule has 2 N–H and O–H groups in total. The first-order valence-corrected chi connectivity index (χ1v) is 7.20. The van der Waals surface area contributed by atoms with Crippen LogP contribution in [0.25, 0.3) is 0 Å². The van der Waals surface area contributed by atoms with E-state index in [9.17, 15) is 14.4 Å². The van der Waals surface area contributed by atoms with Gasteiger partial charge in [-0.3, -0.25) is 14.5 Å². The summed E-state index contributed by atoms with van der Waals surface area (Å²) in [5, 5.41) is 13.5. The molecule has 0 bridgehead atoms. The van der Waals surface area contributed by atoms with Crippen molar-refractivity contribution in [3.63, 3.8) is 0 Å². The molecule has 4 amide bonds. The van der Waals surface area contributed by atoms with E-state index in [0.29, 0.717) is 11.3 Å². The van der Waals surface area contributed by atoms with Crippen LogP contribution in [0.1, 0.15) is 47.9 Å². The molecule has 0 spiro atoms. The Balaban J connectivity index is 2.18. The van der Waals surface area contributed by atoms with E-state index in [0.717, 1.165) is 0 Å². The monoisotopic (exact) mass is 314 g/mol. The van der Waals surface area contributed by atoms with Crippen molar-refractivity contribution in [3.05, 3.63) is 29.3 Å². The van der Waals surface area contributed by atoms with Crippen LogP contribution < -0.4 is 10.6 Å². The van der Waals surface area contributed by atoms with E-state index in [1.165, 1.54) is 17.0 Å². The van der Waals surface area contributed by atoms with Crippen molar-refractivity contribution in [2.75, 3.05) is 11.9 Å². The standard InChI is InChI=1S/C16H18N4O3/c1-16(2,3)20-13(21)11-6-5-10(9-12(11)14(20)22)19-15(23)18-8-4-7-17/h5-6,9H,4,8H2,1-3H3,(H2,18,19,23). The fourth-order valence-electron chi connectivity index (χ4n) is 2.34. The van der Waals surface area contributed by atoms with Gasteiger partial charge in [0.25, 0.3) is 11.8 Å². The summed E-state index contributed by atoms with van der Waals surface area (Å²) in [7, 11) is 0. The van der Waals surface area contributed by atoms with E-state index in [-0.39, 0.29) is 30.3 Å². The van der Waals surface area contributed by atoms with Crippen LogP contribution in [-0.2, 0) is 0 Å². The summed E-state index contributed by atoms with van der Waals surface area (Å²) in [6.07, 6.45) is 0.213. The van der Waals surface area contributed by atoms with E-state index >= 15 is 0 Å². The van der Waals surface area contributed by atoms with E-state index < -0.39 is 11.6 Å². The molecule has 0 atom stereocenters. The lowest BCUT2D eigenvalue weighted by Gasteiger charge is -2.29. The maximum absolute atomic E-state index is 12.4. The molecule has 0 fully saturated rings. The second-order valence-corrected chi connectivity index (χ2v) is 6.17. The van der Waals surface area contributed by atoms with E-state index in [1.807, 2.05) is 6.07 Å². The molecule has 23 heavy (non-hydrogen) atoms. The van der Waals surface area contributed by atoms with Crippen molar-refractivity contribution in [1.82, 2.24) is 10.2 Å². The molecule has 1 aliphatic heterocycles. The van der Waals surface area contributed by atoms with E-state index in [1.54, 1.807) is 26.8 Å². The van der Waals surface area contributed by atoms with Gasteiger partial charge in [-0.25, -0.2) is 4.79 Å². The predicted molar refractivity (Wildman–Crippen MR) is 83.9 cm³/mol. The summed E-state index contributed by atoms with van der Waals surface area (Å²) in [4.78, 5) is 37.7. The molecule has 0 saturated carbocycles. The number of anilines is 1. The highest BCUT2D eigenvalue weighted by atomic mass is 16.2. The Labute approximate surface area is 134 Å². The number of hydrogen-bond donors (Lipinski definition) is 2. The highest BCUT2D eigenvalue weighted by Crippen LogP contribution is 2.30. The van der Waals surface area contributed by atoms with Crippen LogP contribution in [0.3, 0.4) is 0 Å². The van der Waals surface area contributed by atoms with Gasteiger partial charge in [0.15, 0.2) is 0 Å². The lowest BCUT2D eigenvalue weighted by atomic mass is 10.1. The molecule has 1 aromatic rings. The van der Waals surface area contributed by atoms with Gasteiger partial charge in [0, 0.05) is 17.8 Å². The topological polar surface area (TPSA) is 102 Å². The summed E-state index contributed by atoms with van der Waals surface area (Å²) >= 11 is 0. The third-order valence-corrected chi connectivity index (χ3v) is 3.34. The highest BCUT2D eigenvalue weighted by Gasteiger charge is 2.41. The Bertz CT molecular complexity index is 713. The molecule has 1 heterocycles. The third kappa shape index (κ3) is 3.31. The van der Waals surface area contributed by atoms with Crippen LogP contribution in [0.5, 0.6) is 0 Å². The minimum Gasteiger partial charge on any atom is -0.337 e. The van der Waals surface area contributed by atoms with Crippen LogP contribution in [0.15, 0.2) is 18.2 Å². The number of urea groups is 1. The summed E-state index contributed by atoms with van der Waals surface area (Å²) in [6.45, 7) is 5.60. The molecule has 1 aliphatic rings. The van der Waals surface area contributed by atoms with Gasteiger partial charge in [-0.2, -0.15) is 5.26 Å². The fourth-order valence-corrected chi connectivity index (χ4v) is 2.34. The zero-order chi connectivity index (χ0) is 17.2. The van der Waals surface area contributed by atoms with Crippen LogP contribution in [0.4, 0.5) is 10.5 Å². The van der Waals surface area contributed by atoms with Crippen molar-refractivity contribution in [1.29, 1.82) is 5.26 Å². The van der Waals surface area contributed by atoms with Gasteiger partial charge in [-0.15, -0.1) is 0 Å². The summed E-state index contributed by atoms with van der Waals surface area (Å²) < 4.78 is 0. The van der Waals surface area contributed by atoms with Crippen LogP contribution in [0.2, 0.25) is 0 Å². The lowest BCUT2D eigenvalue weighted by Crippen LogP contribution is -2.45. The van der Waals surface area contributed by atoms with Gasteiger partial charge in [-0.1, -0.05) is 0 Å². The Morgan fingerprint density at radius 3 is 2.48 bits per heavy atom. The molecular formula is C16H18N4O3. The molecule has 0 saturated heterocycles. The second kappa shape index (κ2) is 6.08. The Morgan fingerprint density at radius 2 is 1.87 bits per heavy atom. The van der Waals surface area contributed by atoms with Gasteiger partial charge in [0.05, 0.1) is 23.6 Å². The van der Waals surface area contributed by atoms with Crippen LogP contribution in [0, 0.1) is 11.3 Å². The molecule has 7 heteroatoms. The molecule has 0 aliphatic carbocycles. The molecule has 7 nitrogen and oxygen atoms in total. The van der Waals surface area contributed by atoms with Gasteiger partial charge >= 0.3 is 6.03 Å². The maximum Gasteiger partial charge on any atom is 0.319 e. The molecule has 1 aromatic carbocycles. The predicted octanol–water partition coefficient (Wildman–Crippen LogP) is 2.12. The quantitative estimate of drug-likeness (QED) is 0.659. The average molecular weight is 314 g/mol. The normalized spacial score (nSPS) is 13.6. The molecule has 2 rings (SSSR count). The first kappa shape index (κ1) is 16.5. The first-order valence-electron chi connectivity index (χ1n) is 7.20. The van der Waals surface area contributed by atoms with Gasteiger partial charge in [0.2, 0.25) is 0 Å². The zero-order valence-electron chi connectivity index (χ0n) is 13.3. The van der Waals surface area contributed by atoms with Crippen LogP contribution in [-0.4, -0.2) is 34.8 Å². The second-order valence-electron chi connectivity index (χ2n) is 6.17. The number of nitrogens with one attached hydrogen (secondary N) is 2. The Hall–Kier alpha value is -2.88. The summed E-state index contributed by atoms with van der Waals surface area (Å²) in [6, 6.07) is 6.05. The number of fused-ring (bicyclic) bond motifs is 1. The number of nitriles is 1. The fraction of sp³-hybridized carbons (Fsp3) is 0.375. The Kier molecular flexibility index (Phi) is 4.36. The number of amides is 4. The van der Waals surface area contributed by atoms with Crippen molar-refractivity contribution in [2.24, 2.45) is 0 Å². The van der Waals surface area contributed by atoms with Crippen molar-refractivity contribution in [2.45, 2.75) is 32.7 Å². The van der Waals surface area contributed by atoms with Gasteiger partial charge in [-0.05, 0) is 39.0 Å². The largest absolute Gasteiger partial charge is 0.337 e. The molecule has 0 radical (unpaired) electrons. The van der Waals surface area contributed by atoms with Gasteiger partial charge < -0.3 is 10.6 Å². The third-order valence-electron chi connectivity index (χ3n) is 3.34. The first-order chi connectivity index (χ1) is 10.8. The number of hydrogen-bond acceptors (Lipinski definition) is 4. The van der Waals surface area contributed by atoms with E-state index in [4.69, 9.17) is 5.26 Å². The number of rotatable bonds is 3. The van der Waals surface area contributed by atoms with Gasteiger partial charge in [0.1, 0.15) is 0 Å². The molecule has 120 valence electrons. The van der Waals surface area contributed by atoms with Crippen molar-refractivity contribution in [3.8, 4) is 6.07 Å². The summed E-state index contributed by atoms with van der Waals surface area (Å²) in [5.74, 6) is -0.700. The SMILES string of the molecule is CC(C)(C)N1C(=O)c2ccc(NC(=O)NCCC#N)cc2C1=O. The zero-order valence-corrected chi connectivity index (χ0v) is 13.3. The smallest absolute Gasteiger partial charge is 0.319 e. The minimum absolute atomic E-state index is 0.213. The highest BCUT2D eigenvalue weighted by molar-refractivity contribution is 6.22. The molecular weight excluding hydrogens is 296 g/mol. The summed E-state index contributed by atoms with van der Waals surface area (Å²) in [5.41, 5.74) is 0.408. The van der Waals surface area contributed by atoms with Crippen LogP contribution >= 0.6 is 0 Å². The van der Waals surface area contributed by atoms with Crippen molar-refractivity contribution < 1.29 is 14.4 Å².